The number of Topliss-reactive ketones (excluding diaryl/α,β-unsaturated/α-hetero) is 1. The fourth-order valence-corrected chi connectivity index (χ4v) is 1.50. The van der Waals surface area contributed by atoms with Crippen LogP contribution in [0.25, 0.3) is 0 Å². The van der Waals surface area contributed by atoms with Crippen molar-refractivity contribution in [1.29, 1.82) is 0 Å². The van der Waals surface area contributed by atoms with Crippen LogP contribution in [0.1, 0.15) is 17.3 Å². The molecule has 0 amide bonds. The smallest absolute Gasteiger partial charge is 0.159 e. The fourth-order valence-electron chi connectivity index (χ4n) is 1.50. The Hall–Kier alpha value is -2.09. The van der Waals surface area contributed by atoms with Gasteiger partial charge in [0.1, 0.15) is 0 Å². The first-order valence-corrected chi connectivity index (χ1v) is 5.19. The van der Waals surface area contributed by atoms with E-state index >= 15 is 0 Å². The van der Waals surface area contributed by atoms with Gasteiger partial charge in [0.15, 0.2) is 5.78 Å². The van der Waals surface area contributed by atoms with Gasteiger partial charge < -0.3 is 5.32 Å². The highest BCUT2D eigenvalue weighted by molar-refractivity contribution is 5.95. The molecule has 80 valence electrons. The van der Waals surface area contributed by atoms with Crippen molar-refractivity contribution in [3.05, 3.63) is 60.2 Å². The van der Waals surface area contributed by atoms with Crippen LogP contribution < -0.4 is 5.32 Å². The number of carbonyl (C=O) groups is 1. The van der Waals surface area contributed by atoms with Crippen LogP contribution in [0.2, 0.25) is 0 Å². The number of anilines is 2. The Morgan fingerprint density at radius 3 is 2.31 bits per heavy atom. The Kier molecular flexibility index (Phi) is 3.01. The summed E-state index contributed by atoms with van der Waals surface area (Å²) in [6, 6.07) is 17.4. The molecule has 16 heavy (non-hydrogen) atoms. The van der Waals surface area contributed by atoms with Gasteiger partial charge in [-0.1, -0.05) is 30.3 Å². The van der Waals surface area contributed by atoms with E-state index in [4.69, 9.17) is 0 Å². The van der Waals surface area contributed by atoms with Crippen molar-refractivity contribution in [2.24, 2.45) is 0 Å². The van der Waals surface area contributed by atoms with Gasteiger partial charge in [0.05, 0.1) is 0 Å². The number of ketones is 1. The van der Waals surface area contributed by atoms with Crippen molar-refractivity contribution >= 4 is 17.2 Å². The fraction of sp³-hybridized carbons (Fsp3) is 0.0714. The maximum Gasteiger partial charge on any atom is 0.159 e. The monoisotopic (exact) mass is 211 g/mol. The summed E-state index contributed by atoms with van der Waals surface area (Å²) in [5, 5.41) is 3.25. The molecule has 2 rings (SSSR count). The van der Waals surface area contributed by atoms with Gasteiger partial charge in [0.2, 0.25) is 0 Å². The van der Waals surface area contributed by atoms with E-state index in [0.29, 0.717) is 0 Å². The molecule has 2 aromatic rings. The first-order chi connectivity index (χ1) is 7.75. The molecule has 0 unspecified atom stereocenters. The second kappa shape index (κ2) is 4.62. The van der Waals surface area contributed by atoms with E-state index in [1.54, 1.807) is 6.92 Å². The normalized spacial score (nSPS) is 9.81. The van der Waals surface area contributed by atoms with Gasteiger partial charge >= 0.3 is 0 Å². The van der Waals surface area contributed by atoms with Crippen molar-refractivity contribution < 1.29 is 4.79 Å². The standard InChI is InChI=1S/C14H13NO/c1-11(16)12-6-5-9-14(10-12)15-13-7-3-2-4-8-13/h2-10,15H,1H3. The zero-order valence-corrected chi connectivity index (χ0v) is 9.10. The van der Waals surface area contributed by atoms with Crippen molar-refractivity contribution in [3.8, 4) is 0 Å². The average molecular weight is 211 g/mol. The second-order valence-electron chi connectivity index (χ2n) is 3.63. The number of hydrogen-bond acceptors (Lipinski definition) is 2. The molecule has 2 heteroatoms. The number of rotatable bonds is 3. The minimum Gasteiger partial charge on any atom is -0.356 e. The van der Waals surface area contributed by atoms with E-state index in [9.17, 15) is 4.79 Å². The van der Waals surface area contributed by atoms with Crippen LogP contribution in [-0.2, 0) is 0 Å². The number of para-hydroxylation sites is 1. The molecule has 0 saturated heterocycles. The van der Waals surface area contributed by atoms with Gasteiger partial charge in [-0.15, -0.1) is 0 Å². The third kappa shape index (κ3) is 2.48. The minimum atomic E-state index is 0.0803. The maximum atomic E-state index is 11.2. The summed E-state index contributed by atoms with van der Waals surface area (Å²) in [6.07, 6.45) is 0. The lowest BCUT2D eigenvalue weighted by Gasteiger charge is -2.06. The molecule has 2 nitrogen and oxygen atoms in total. The van der Waals surface area contributed by atoms with Gasteiger partial charge in [-0.25, -0.2) is 0 Å². The predicted molar refractivity (Wildman–Crippen MR) is 66.2 cm³/mol. The lowest BCUT2D eigenvalue weighted by Crippen LogP contribution is -1.94. The van der Waals surface area contributed by atoms with Crippen LogP contribution in [0.15, 0.2) is 54.6 Å². The van der Waals surface area contributed by atoms with Crippen LogP contribution in [-0.4, -0.2) is 5.78 Å². The summed E-state index contributed by atoms with van der Waals surface area (Å²) in [4.78, 5) is 11.2. The summed E-state index contributed by atoms with van der Waals surface area (Å²) in [7, 11) is 0. The molecule has 2 aromatic carbocycles. The SMILES string of the molecule is CC(=O)c1cccc(Nc2ccccc2)c1. The van der Waals surface area contributed by atoms with Crippen LogP contribution in [0, 0.1) is 0 Å². The first kappa shape index (κ1) is 10.4. The maximum absolute atomic E-state index is 11.2. The number of nitrogens with one attached hydrogen (secondary N) is 1. The highest BCUT2D eigenvalue weighted by atomic mass is 16.1. The lowest BCUT2D eigenvalue weighted by atomic mass is 10.1. The summed E-state index contributed by atoms with van der Waals surface area (Å²) >= 11 is 0. The largest absolute Gasteiger partial charge is 0.356 e. The lowest BCUT2D eigenvalue weighted by molar-refractivity contribution is 0.101. The van der Waals surface area contributed by atoms with Gasteiger partial charge in [0, 0.05) is 16.9 Å². The molecule has 0 radical (unpaired) electrons. The number of hydrogen-bond donors (Lipinski definition) is 1. The molecule has 0 bridgehead atoms. The molecule has 0 saturated carbocycles. The molecular weight excluding hydrogens is 198 g/mol. The molecule has 0 atom stereocenters. The van der Waals surface area contributed by atoms with Gasteiger partial charge in [-0.3, -0.25) is 4.79 Å². The number of carbonyl (C=O) groups excluding carboxylic acids is 1. The summed E-state index contributed by atoms with van der Waals surface area (Å²) < 4.78 is 0. The summed E-state index contributed by atoms with van der Waals surface area (Å²) in [5.74, 6) is 0.0803. The molecule has 0 aliphatic heterocycles. The van der Waals surface area contributed by atoms with E-state index < -0.39 is 0 Å². The molecule has 0 spiro atoms. The molecule has 0 aromatic heterocycles. The van der Waals surface area contributed by atoms with Crippen LogP contribution in [0.5, 0.6) is 0 Å². The number of benzene rings is 2. The third-order valence-corrected chi connectivity index (χ3v) is 2.33. The summed E-state index contributed by atoms with van der Waals surface area (Å²) in [6.45, 7) is 1.57. The Morgan fingerprint density at radius 2 is 1.62 bits per heavy atom. The van der Waals surface area contributed by atoms with Crippen LogP contribution >= 0.6 is 0 Å². The zero-order chi connectivity index (χ0) is 11.4. The van der Waals surface area contributed by atoms with E-state index in [2.05, 4.69) is 5.32 Å². The highest BCUT2D eigenvalue weighted by Crippen LogP contribution is 2.17. The molecule has 0 fully saturated rings. The predicted octanol–water partition coefficient (Wildman–Crippen LogP) is 3.63. The molecule has 0 aliphatic carbocycles. The van der Waals surface area contributed by atoms with E-state index in [1.165, 1.54) is 0 Å². The molecule has 1 N–H and O–H groups in total. The Balaban J connectivity index is 2.22. The van der Waals surface area contributed by atoms with Gasteiger partial charge in [-0.05, 0) is 31.2 Å². The van der Waals surface area contributed by atoms with E-state index in [-0.39, 0.29) is 5.78 Å². The Labute approximate surface area is 94.9 Å². The third-order valence-electron chi connectivity index (χ3n) is 2.33. The highest BCUT2D eigenvalue weighted by Gasteiger charge is 2.00. The van der Waals surface area contributed by atoms with E-state index in [1.807, 2.05) is 54.6 Å². The summed E-state index contributed by atoms with van der Waals surface area (Å²) in [5.41, 5.74) is 2.67. The van der Waals surface area contributed by atoms with Crippen molar-refractivity contribution in [2.75, 3.05) is 5.32 Å². The molecule has 0 aliphatic rings. The van der Waals surface area contributed by atoms with Crippen molar-refractivity contribution in [3.63, 3.8) is 0 Å². The second-order valence-corrected chi connectivity index (χ2v) is 3.63. The topological polar surface area (TPSA) is 29.1 Å². The van der Waals surface area contributed by atoms with Crippen molar-refractivity contribution in [1.82, 2.24) is 0 Å². The van der Waals surface area contributed by atoms with Crippen LogP contribution in [0.3, 0.4) is 0 Å². The van der Waals surface area contributed by atoms with E-state index in [0.717, 1.165) is 16.9 Å². The minimum absolute atomic E-state index is 0.0803. The van der Waals surface area contributed by atoms with Gasteiger partial charge in [-0.2, -0.15) is 0 Å². The zero-order valence-electron chi connectivity index (χ0n) is 9.10. The van der Waals surface area contributed by atoms with Crippen LogP contribution in [0.4, 0.5) is 11.4 Å². The molecular formula is C14H13NO. The average Bonchev–Trinajstić information content (AvgIpc) is 2.30. The Bertz CT molecular complexity index is 491. The van der Waals surface area contributed by atoms with Crippen molar-refractivity contribution in [2.45, 2.75) is 6.92 Å². The molecule has 0 heterocycles. The van der Waals surface area contributed by atoms with Gasteiger partial charge in [0.25, 0.3) is 0 Å². The first-order valence-electron chi connectivity index (χ1n) is 5.19. The Morgan fingerprint density at radius 1 is 0.938 bits per heavy atom. The quantitative estimate of drug-likeness (QED) is 0.785.